The molecule has 1 saturated heterocycles. The van der Waals surface area contributed by atoms with Crippen molar-refractivity contribution in [2.45, 2.75) is 36.6 Å². The van der Waals surface area contributed by atoms with Crippen LogP contribution in [0.2, 0.25) is 0 Å². The SMILES string of the molecule is C[C@]1(F)[C@H](n2ccc(N)nc2=O)O[C@H](C(O)c2ccccc2C(=O)O)[C@]1(O)c1ccccc1C(=O)OC(=O)c1ccccc1. The third kappa shape index (κ3) is 5.02. The maximum atomic E-state index is 17.3. The molecule has 5 atom stereocenters. The lowest BCUT2D eigenvalue weighted by atomic mass is 9.73. The Hall–Kier alpha value is -5.24. The summed E-state index contributed by atoms with van der Waals surface area (Å²) in [6.07, 6.45) is -4.96. The fourth-order valence-electron chi connectivity index (χ4n) is 5.36. The maximum absolute atomic E-state index is 17.3. The largest absolute Gasteiger partial charge is 0.478 e. The van der Waals surface area contributed by atoms with Crippen molar-refractivity contribution in [1.82, 2.24) is 9.55 Å². The first kappa shape index (κ1) is 30.2. The van der Waals surface area contributed by atoms with E-state index in [0.29, 0.717) is 4.57 Å². The minimum Gasteiger partial charge on any atom is -0.478 e. The van der Waals surface area contributed by atoms with Crippen molar-refractivity contribution >= 4 is 23.7 Å². The van der Waals surface area contributed by atoms with Gasteiger partial charge in [0.05, 0.1) is 16.7 Å². The van der Waals surface area contributed by atoms with Crippen LogP contribution in [0.5, 0.6) is 0 Å². The smallest absolute Gasteiger partial charge is 0.351 e. The van der Waals surface area contributed by atoms with Gasteiger partial charge in [0.2, 0.25) is 0 Å². The molecule has 4 aromatic rings. The minimum absolute atomic E-state index is 0.0467. The average Bonchev–Trinajstić information content (AvgIpc) is 3.22. The number of aliphatic hydroxyl groups is 2. The molecule has 0 saturated carbocycles. The molecule has 0 spiro atoms. The zero-order chi connectivity index (χ0) is 31.8. The predicted molar refractivity (Wildman–Crippen MR) is 151 cm³/mol. The summed E-state index contributed by atoms with van der Waals surface area (Å²) in [6, 6.07) is 19.1. The van der Waals surface area contributed by atoms with Gasteiger partial charge in [-0.25, -0.2) is 23.6 Å². The van der Waals surface area contributed by atoms with Crippen LogP contribution in [0.3, 0.4) is 0 Å². The molecule has 3 aromatic carbocycles. The van der Waals surface area contributed by atoms with Gasteiger partial charge in [-0.15, -0.1) is 0 Å². The van der Waals surface area contributed by atoms with E-state index in [1.807, 2.05) is 0 Å². The molecule has 13 heteroatoms. The zero-order valence-electron chi connectivity index (χ0n) is 23.0. The molecule has 5 rings (SSSR count). The molecule has 1 aliphatic rings. The molecule has 226 valence electrons. The van der Waals surface area contributed by atoms with Crippen LogP contribution >= 0.6 is 0 Å². The molecule has 1 unspecified atom stereocenters. The van der Waals surface area contributed by atoms with Crippen molar-refractivity contribution in [3.8, 4) is 0 Å². The van der Waals surface area contributed by atoms with E-state index in [-0.39, 0.29) is 22.5 Å². The number of anilines is 1. The van der Waals surface area contributed by atoms with E-state index >= 15 is 4.39 Å². The number of alkyl halides is 1. The summed E-state index contributed by atoms with van der Waals surface area (Å²) in [6.45, 7) is 0.882. The number of benzene rings is 3. The lowest BCUT2D eigenvalue weighted by Crippen LogP contribution is -2.53. The van der Waals surface area contributed by atoms with Crippen LogP contribution < -0.4 is 11.4 Å². The predicted octanol–water partition coefficient (Wildman–Crippen LogP) is 2.77. The van der Waals surface area contributed by atoms with E-state index in [9.17, 15) is 34.5 Å². The van der Waals surface area contributed by atoms with Gasteiger partial charge in [0.25, 0.3) is 0 Å². The number of nitrogen functional groups attached to an aromatic ring is 1. The standard InChI is InChI=1S/C31H26FN3O9/c1-30(32)28(35-16-15-22(33)34-29(35)41)43-24(23(36)18-11-5-6-12-19(18)25(37)38)31(30,42)21-14-8-7-13-20(21)27(40)44-26(39)17-9-3-2-4-10-17/h2-16,23-24,28,36,42H,1H3,(H,37,38)(H2,33,34,41)/t23?,24-,28-,30+,31-/m1/s1. The fraction of sp³-hybridized carbons (Fsp3) is 0.194. The summed E-state index contributed by atoms with van der Waals surface area (Å²) >= 11 is 0. The number of esters is 2. The topological polar surface area (TPSA) is 191 Å². The van der Waals surface area contributed by atoms with Crippen LogP contribution in [0.25, 0.3) is 0 Å². The summed E-state index contributed by atoms with van der Waals surface area (Å²) in [4.78, 5) is 54.4. The van der Waals surface area contributed by atoms with Crippen molar-refractivity contribution in [3.63, 3.8) is 0 Å². The first-order chi connectivity index (χ1) is 20.9. The Bertz CT molecular complexity index is 1810. The van der Waals surface area contributed by atoms with Gasteiger partial charge in [-0.2, -0.15) is 4.98 Å². The number of carboxylic acids is 1. The van der Waals surface area contributed by atoms with E-state index in [2.05, 4.69) is 4.98 Å². The summed E-state index contributed by atoms with van der Waals surface area (Å²) in [5.41, 5.74) is -2.97. The second-order valence-corrected chi connectivity index (χ2v) is 10.2. The van der Waals surface area contributed by atoms with Gasteiger partial charge in [0, 0.05) is 11.8 Å². The van der Waals surface area contributed by atoms with Crippen molar-refractivity contribution in [3.05, 3.63) is 129 Å². The van der Waals surface area contributed by atoms with E-state index in [1.54, 1.807) is 18.2 Å². The van der Waals surface area contributed by atoms with Crippen molar-refractivity contribution in [1.29, 1.82) is 0 Å². The second-order valence-electron chi connectivity index (χ2n) is 10.2. The summed E-state index contributed by atoms with van der Waals surface area (Å²) in [5, 5.41) is 33.7. The highest BCUT2D eigenvalue weighted by Gasteiger charge is 2.69. The lowest BCUT2D eigenvalue weighted by Gasteiger charge is -2.39. The Morgan fingerprint density at radius 1 is 0.977 bits per heavy atom. The van der Waals surface area contributed by atoms with Crippen molar-refractivity contribution in [2.24, 2.45) is 0 Å². The minimum atomic E-state index is -3.03. The number of halogens is 1. The Labute approximate surface area is 248 Å². The van der Waals surface area contributed by atoms with Gasteiger partial charge in [0.15, 0.2) is 17.5 Å². The van der Waals surface area contributed by atoms with E-state index in [0.717, 1.165) is 13.1 Å². The number of aliphatic hydroxyl groups excluding tert-OH is 1. The highest BCUT2D eigenvalue weighted by Crippen LogP contribution is 2.57. The molecule has 5 N–H and O–H groups in total. The number of aromatic carboxylic acids is 1. The maximum Gasteiger partial charge on any atom is 0.351 e. The summed E-state index contributed by atoms with van der Waals surface area (Å²) in [7, 11) is 0. The van der Waals surface area contributed by atoms with Crippen LogP contribution in [0.1, 0.15) is 61.5 Å². The first-order valence-electron chi connectivity index (χ1n) is 13.2. The number of aromatic nitrogens is 2. The van der Waals surface area contributed by atoms with Gasteiger partial charge in [0.1, 0.15) is 18.0 Å². The number of nitrogens with zero attached hydrogens (tertiary/aromatic N) is 2. The molecular formula is C31H26FN3O9. The molecule has 0 amide bonds. The normalized spacial score (nSPS) is 23.5. The number of ether oxygens (including phenoxy) is 2. The molecule has 44 heavy (non-hydrogen) atoms. The van der Waals surface area contributed by atoms with Gasteiger partial charge < -0.3 is 30.5 Å². The number of rotatable bonds is 7. The third-order valence-electron chi connectivity index (χ3n) is 7.55. The molecule has 2 heterocycles. The lowest BCUT2D eigenvalue weighted by molar-refractivity contribution is -0.134. The second kappa shape index (κ2) is 11.4. The molecule has 1 aromatic heterocycles. The third-order valence-corrected chi connectivity index (χ3v) is 7.55. The molecule has 0 radical (unpaired) electrons. The first-order valence-corrected chi connectivity index (χ1v) is 13.2. The number of nitrogens with two attached hydrogens (primary N) is 1. The van der Waals surface area contributed by atoms with E-state index < -0.39 is 64.4 Å². The highest BCUT2D eigenvalue weighted by atomic mass is 19.1. The Kier molecular flexibility index (Phi) is 7.86. The van der Waals surface area contributed by atoms with Gasteiger partial charge in [-0.1, -0.05) is 54.6 Å². The quantitative estimate of drug-likeness (QED) is 0.179. The number of carboxylic acid groups (broad SMARTS) is 1. The van der Waals surface area contributed by atoms with Gasteiger partial charge in [-0.05, 0) is 42.8 Å². The number of hydrogen-bond acceptors (Lipinski definition) is 10. The molecule has 1 aliphatic heterocycles. The van der Waals surface area contributed by atoms with E-state index in [1.165, 1.54) is 66.7 Å². The highest BCUT2D eigenvalue weighted by molar-refractivity contribution is 6.03. The van der Waals surface area contributed by atoms with Crippen LogP contribution in [-0.4, -0.2) is 54.6 Å². The summed E-state index contributed by atoms with van der Waals surface area (Å²) in [5.74, 6) is -3.88. The Morgan fingerprint density at radius 3 is 2.25 bits per heavy atom. The van der Waals surface area contributed by atoms with E-state index in [4.69, 9.17) is 15.2 Å². The molecule has 1 fully saturated rings. The molecule has 12 nitrogen and oxygen atoms in total. The average molecular weight is 604 g/mol. The monoisotopic (exact) mass is 603 g/mol. The molecule has 0 aliphatic carbocycles. The van der Waals surface area contributed by atoms with Gasteiger partial charge in [-0.3, -0.25) is 4.57 Å². The Balaban J connectivity index is 1.68. The number of carbonyl (C=O) groups excluding carboxylic acids is 2. The number of carbonyl (C=O) groups is 3. The van der Waals surface area contributed by atoms with Crippen LogP contribution in [-0.2, 0) is 15.1 Å². The number of hydrogen-bond donors (Lipinski definition) is 4. The van der Waals surface area contributed by atoms with Crippen LogP contribution in [0, 0.1) is 0 Å². The molecule has 0 bridgehead atoms. The summed E-state index contributed by atoms with van der Waals surface area (Å²) < 4.78 is 28.9. The zero-order valence-corrected chi connectivity index (χ0v) is 23.0. The van der Waals surface area contributed by atoms with Crippen molar-refractivity contribution in [2.75, 3.05) is 5.73 Å². The van der Waals surface area contributed by atoms with Crippen molar-refractivity contribution < 1.29 is 43.6 Å². The van der Waals surface area contributed by atoms with Crippen LogP contribution in [0.15, 0.2) is 95.9 Å². The van der Waals surface area contributed by atoms with Gasteiger partial charge >= 0.3 is 23.6 Å². The molecular weight excluding hydrogens is 577 g/mol. The van der Waals surface area contributed by atoms with Crippen LogP contribution in [0.4, 0.5) is 10.2 Å². The Morgan fingerprint density at radius 2 is 1.59 bits per heavy atom. The fourth-order valence-corrected chi connectivity index (χ4v) is 5.36.